The Kier molecular flexibility index (Phi) is 4.12. The highest BCUT2D eigenvalue weighted by molar-refractivity contribution is 6.07. The van der Waals surface area contributed by atoms with Crippen LogP contribution < -0.4 is 15.5 Å². The summed E-state index contributed by atoms with van der Waals surface area (Å²) in [6, 6.07) is 10.2. The second-order valence-electron chi connectivity index (χ2n) is 6.23. The van der Waals surface area contributed by atoms with Crippen molar-refractivity contribution in [3.8, 4) is 0 Å². The molecule has 2 N–H and O–H groups in total. The molecule has 0 aliphatic carbocycles. The van der Waals surface area contributed by atoms with E-state index in [2.05, 4.69) is 19.8 Å². The molecule has 0 radical (unpaired) electrons. The molecular formula is C19H18FN5O. The van der Waals surface area contributed by atoms with Gasteiger partial charge < -0.3 is 15.5 Å². The van der Waals surface area contributed by atoms with Gasteiger partial charge in [-0.25, -0.2) is 14.4 Å². The van der Waals surface area contributed by atoms with E-state index in [4.69, 9.17) is 5.73 Å². The van der Waals surface area contributed by atoms with Crippen molar-refractivity contribution in [3.63, 3.8) is 0 Å². The van der Waals surface area contributed by atoms with Crippen LogP contribution in [0.4, 0.5) is 15.8 Å². The highest BCUT2D eigenvalue weighted by atomic mass is 19.1. The van der Waals surface area contributed by atoms with Crippen molar-refractivity contribution in [2.24, 2.45) is 5.73 Å². The molecule has 0 atom stereocenters. The van der Waals surface area contributed by atoms with Crippen LogP contribution >= 0.6 is 0 Å². The molecule has 1 aromatic heterocycles. The van der Waals surface area contributed by atoms with Crippen LogP contribution in [-0.4, -0.2) is 42.1 Å². The van der Waals surface area contributed by atoms with Crippen molar-refractivity contribution < 1.29 is 9.18 Å². The maximum absolute atomic E-state index is 13.1. The summed E-state index contributed by atoms with van der Waals surface area (Å²) in [5.41, 5.74) is 8.44. The van der Waals surface area contributed by atoms with E-state index in [1.54, 1.807) is 24.4 Å². The summed E-state index contributed by atoms with van der Waals surface area (Å²) in [7, 11) is 0. The van der Waals surface area contributed by atoms with Gasteiger partial charge >= 0.3 is 0 Å². The zero-order valence-corrected chi connectivity index (χ0v) is 14.1. The van der Waals surface area contributed by atoms with Gasteiger partial charge in [0.1, 0.15) is 12.1 Å². The Labute approximate surface area is 150 Å². The summed E-state index contributed by atoms with van der Waals surface area (Å²) < 4.78 is 13.1. The van der Waals surface area contributed by atoms with E-state index in [0.717, 1.165) is 42.9 Å². The first-order valence-electron chi connectivity index (χ1n) is 8.41. The molecule has 2 heterocycles. The van der Waals surface area contributed by atoms with Crippen molar-refractivity contribution >= 4 is 28.2 Å². The third kappa shape index (κ3) is 2.92. The smallest absolute Gasteiger partial charge is 0.250 e. The fourth-order valence-electron chi connectivity index (χ4n) is 3.39. The standard InChI is InChI=1S/C19H18FN5O/c20-13-1-3-14(4-2-13)24-7-9-25(10-8-24)17-6-5-15(19(21)26)18-16(17)11-22-12-23-18/h1-6,11-12H,7-10H2,(H2,21,26). The van der Waals surface area contributed by atoms with Gasteiger partial charge in [-0.05, 0) is 36.4 Å². The lowest BCUT2D eigenvalue weighted by Crippen LogP contribution is -2.46. The van der Waals surface area contributed by atoms with E-state index >= 15 is 0 Å². The molecule has 7 heteroatoms. The fourth-order valence-corrected chi connectivity index (χ4v) is 3.39. The number of hydrogen-bond acceptors (Lipinski definition) is 5. The van der Waals surface area contributed by atoms with E-state index in [-0.39, 0.29) is 5.82 Å². The predicted octanol–water partition coefficient (Wildman–Crippen LogP) is 2.19. The van der Waals surface area contributed by atoms with Crippen LogP contribution in [0.25, 0.3) is 10.9 Å². The molecule has 1 amide bonds. The Bertz CT molecular complexity index is 952. The molecule has 3 aromatic rings. The highest BCUT2D eigenvalue weighted by Crippen LogP contribution is 2.29. The lowest BCUT2D eigenvalue weighted by molar-refractivity contribution is 0.100. The molecule has 0 saturated carbocycles. The summed E-state index contributed by atoms with van der Waals surface area (Å²) in [5.74, 6) is -0.727. The molecule has 2 aromatic carbocycles. The minimum atomic E-state index is -0.499. The molecule has 4 rings (SSSR count). The van der Waals surface area contributed by atoms with E-state index in [9.17, 15) is 9.18 Å². The van der Waals surface area contributed by atoms with Gasteiger partial charge in [-0.3, -0.25) is 4.79 Å². The first-order chi connectivity index (χ1) is 12.6. The fraction of sp³-hybridized carbons (Fsp3) is 0.211. The molecule has 0 unspecified atom stereocenters. The van der Waals surface area contributed by atoms with Crippen LogP contribution in [0.5, 0.6) is 0 Å². The molecule has 132 valence electrons. The van der Waals surface area contributed by atoms with E-state index in [1.165, 1.54) is 18.5 Å². The number of carbonyl (C=O) groups excluding carboxylic acids is 1. The average Bonchev–Trinajstić information content (AvgIpc) is 2.68. The Morgan fingerprint density at radius 2 is 1.69 bits per heavy atom. The van der Waals surface area contributed by atoms with Crippen LogP contribution in [0, 0.1) is 5.82 Å². The van der Waals surface area contributed by atoms with Gasteiger partial charge in [0.2, 0.25) is 0 Å². The van der Waals surface area contributed by atoms with Gasteiger partial charge in [0, 0.05) is 49.1 Å². The number of nitrogens with zero attached hydrogens (tertiary/aromatic N) is 4. The topological polar surface area (TPSA) is 75.4 Å². The van der Waals surface area contributed by atoms with Crippen molar-refractivity contribution in [2.75, 3.05) is 36.0 Å². The number of benzene rings is 2. The summed E-state index contributed by atoms with van der Waals surface area (Å²) >= 11 is 0. The quantitative estimate of drug-likeness (QED) is 0.783. The van der Waals surface area contributed by atoms with Crippen LogP contribution in [0.2, 0.25) is 0 Å². The minimum absolute atomic E-state index is 0.228. The summed E-state index contributed by atoms with van der Waals surface area (Å²) in [4.78, 5) is 24.5. The minimum Gasteiger partial charge on any atom is -0.368 e. The Morgan fingerprint density at radius 1 is 1.00 bits per heavy atom. The highest BCUT2D eigenvalue weighted by Gasteiger charge is 2.21. The number of carbonyl (C=O) groups is 1. The third-order valence-corrected chi connectivity index (χ3v) is 4.73. The van der Waals surface area contributed by atoms with Crippen molar-refractivity contribution in [3.05, 3.63) is 60.3 Å². The maximum atomic E-state index is 13.1. The monoisotopic (exact) mass is 351 g/mol. The van der Waals surface area contributed by atoms with Crippen molar-refractivity contribution in [1.82, 2.24) is 9.97 Å². The van der Waals surface area contributed by atoms with E-state index in [0.29, 0.717) is 11.1 Å². The first-order valence-corrected chi connectivity index (χ1v) is 8.41. The number of hydrogen-bond donors (Lipinski definition) is 1. The van der Waals surface area contributed by atoms with Gasteiger partial charge in [-0.15, -0.1) is 0 Å². The zero-order chi connectivity index (χ0) is 18.1. The normalized spacial score (nSPS) is 14.7. The second kappa shape index (κ2) is 6.59. The average molecular weight is 351 g/mol. The number of amides is 1. The van der Waals surface area contributed by atoms with Crippen LogP contribution in [0.3, 0.4) is 0 Å². The number of piperazine rings is 1. The van der Waals surface area contributed by atoms with Crippen LogP contribution in [0.15, 0.2) is 48.9 Å². The summed E-state index contributed by atoms with van der Waals surface area (Å²) in [6.07, 6.45) is 3.14. The SMILES string of the molecule is NC(=O)c1ccc(N2CCN(c3ccc(F)cc3)CC2)c2cncnc12. The number of halogens is 1. The number of aromatic nitrogens is 2. The largest absolute Gasteiger partial charge is 0.368 e. The Balaban J connectivity index is 1.59. The number of anilines is 2. The van der Waals surface area contributed by atoms with Gasteiger partial charge in [0.25, 0.3) is 5.91 Å². The molecule has 1 aliphatic rings. The summed E-state index contributed by atoms with van der Waals surface area (Å²) in [6.45, 7) is 3.24. The lowest BCUT2D eigenvalue weighted by Gasteiger charge is -2.37. The molecule has 0 spiro atoms. The Morgan fingerprint density at radius 3 is 2.38 bits per heavy atom. The molecule has 0 bridgehead atoms. The predicted molar refractivity (Wildman–Crippen MR) is 98.9 cm³/mol. The molecule has 26 heavy (non-hydrogen) atoms. The number of rotatable bonds is 3. The van der Waals surface area contributed by atoms with Gasteiger partial charge in [-0.2, -0.15) is 0 Å². The van der Waals surface area contributed by atoms with Crippen molar-refractivity contribution in [2.45, 2.75) is 0 Å². The second-order valence-corrected chi connectivity index (χ2v) is 6.23. The van der Waals surface area contributed by atoms with Crippen molar-refractivity contribution in [1.29, 1.82) is 0 Å². The van der Waals surface area contributed by atoms with Gasteiger partial charge in [0.05, 0.1) is 11.1 Å². The molecular weight excluding hydrogens is 333 g/mol. The van der Waals surface area contributed by atoms with Gasteiger partial charge in [0.15, 0.2) is 0 Å². The van der Waals surface area contributed by atoms with Crippen LogP contribution in [0.1, 0.15) is 10.4 Å². The van der Waals surface area contributed by atoms with E-state index in [1.807, 2.05) is 6.07 Å². The number of nitrogens with two attached hydrogens (primary N) is 1. The lowest BCUT2D eigenvalue weighted by atomic mass is 10.1. The number of fused-ring (bicyclic) bond motifs is 1. The van der Waals surface area contributed by atoms with E-state index < -0.39 is 5.91 Å². The molecule has 1 fully saturated rings. The first kappa shape index (κ1) is 16.3. The number of primary amides is 1. The van der Waals surface area contributed by atoms with Crippen LogP contribution in [-0.2, 0) is 0 Å². The maximum Gasteiger partial charge on any atom is 0.250 e. The molecule has 1 aliphatic heterocycles. The zero-order valence-electron chi connectivity index (χ0n) is 14.1. The third-order valence-electron chi connectivity index (χ3n) is 4.73. The molecule has 1 saturated heterocycles. The summed E-state index contributed by atoms with van der Waals surface area (Å²) in [5, 5.41) is 0.819. The molecule has 6 nitrogen and oxygen atoms in total. The van der Waals surface area contributed by atoms with Gasteiger partial charge in [-0.1, -0.05) is 0 Å². The Hall–Kier alpha value is -3.22.